The second kappa shape index (κ2) is 6.14. The van der Waals surface area contributed by atoms with Gasteiger partial charge in [0.1, 0.15) is 6.61 Å². The SMILES string of the molecule is O=Cc1nn(SF)cc(OCc2ccccc2)c1=O. The molecule has 0 aliphatic carbocycles. The molecule has 0 spiro atoms. The standard InChI is InChI=1S/C12H9FN2O3S/c13-19-15-6-11(12(17)10(7-16)14-15)18-8-9-4-2-1-3-5-9/h1-7H,8H2. The van der Waals surface area contributed by atoms with Gasteiger partial charge in [-0.25, -0.2) is 0 Å². The third-order valence-corrected chi connectivity index (χ3v) is 2.64. The Balaban J connectivity index is 2.24. The summed E-state index contributed by atoms with van der Waals surface area (Å²) in [5, 5.41) is 3.47. The molecule has 0 atom stereocenters. The van der Waals surface area contributed by atoms with Crippen LogP contribution < -0.4 is 10.2 Å². The van der Waals surface area contributed by atoms with E-state index in [4.69, 9.17) is 4.74 Å². The van der Waals surface area contributed by atoms with E-state index in [1.807, 2.05) is 30.3 Å². The maximum atomic E-state index is 12.5. The highest BCUT2D eigenvalue weighted by Gasteiger charge is 2.10. The van der Waals surface area contributed by atoms with Crippen LogP contribution in [0, 0.1) is 0 Å². The van der Waals surface area contributed by atoms with E-state index in [2.05, 4.69) is 5.10 Å². The Morgan fingerprint density at radius 3 is 2.74 bits per heavy atom. The first-order chi connectivity index (χ1) is 9.24. The fourth-order valence-electron chi connectivity index (χ4n) is 1.42. The summed E-state index contributed by atoms with van der Waals surface area (Å²) in [6, 6.07) is 9.16. The third-order valence-electron chi connectivity index (χ3n) is 2.31. The summed E-state index contributed by atoms with van der Waals surface area (Å²) in [6.45, 7) is 0.148. The lowest BCUT2D eigenvalue weighted by atomic mass is 10.2. The van der Waals surface area contributed by atoms with Gasteiger partial charge in [0, 0.05) is 0 Å². The summed E-state index contributed by atoms with van der Waals surface area (Å²) >= 11 is -0.229. The molecule has 0 amide bonds. The summed E-state index contributed by atoms with van der Waals surface area (Å²) in [7, 11) is 0. The second-order valence-electron chi connectivity index (χ2n) is 3.57. The van der Waals surface area contributed by atoms with Crippen LogP contribution >= 0.6 is 12.3 Å². The van der Waals surface area contributed by atoms with Gasteiger partial charge < -0.3 is 4.74 Å². The number of carbonyl (C=O) groups is 1. The number of hydrogen-bond acceptors (Lipinski definition) is 5. The predicted octanol–water partition coefficient (Wildman–Crippen LogP) is 2.02. The normalized spacial score (nSPS) is 10.2. The van der Waals surface area contributed by atoms with E-state index < -0.39 is 11.1 Å². The van der Waals surface area contributed by atoms with Gasteiger partial charge >= 0.3 is 0 Å². The molecule has 19 heavy (non-hydrogen) atoms. The number of carbonyl (C=O) groups excluding carboxylic acids is 1. The molecule has 0 saturated heterocycles. The fourth-order valence-corrected chi connectivity index (χ4v) is 1.67. The number of nitrogens with zero attached hydrogens (tertiary/aromatic N) is 2. The number of halogens is 1. The van der Waals surface area contributed by atoms with Gasteiger partial charge in [-0.05, 0) is 5.56 Å². The summed E-state index contributed by atoms with van der Waals surface area (Å²) < 4.78 is 18.5. The molecule has 0 aliphatic rings. The minimum atomic E-state index is -0.656. The third kappa shape index (κ3) is 3.19. The van der Waals surface area contributed by atoms with Crippen LogP contribution in [0.15, 0.2) is 41.3 Å². The average Bonchev–Trinajstić information content (AvgIpc) is 2.47. The lowest BCUT2D eigenvalue weighted by molar-refractivity contribution is 0.111. The van der Waals surface area contributed by atoms with Crippen molar-refractivity contribution in [1.29, 1.82) is 0 Å². The highest BCUT2D eigenvalue weighted by atomic mass is 32.2. The Hall–Kier alpha value is -2.15. The van der Waals surface area contributed by atoms with Crippen molar-refractivity contribution in [3.63, 3.8) is 0 Å². The van der Waals surface area contributed by atoms with Gasteiger partial charge in [-0.3, -0.25) is 9.59 Å². The summed E-state index contributed by atoms with van der Waals surface area (Å²) in [4.78, 5) is 22.4. The van der Waals surface area contributed by atoms with E-state index in [1.165, 1.54) is 0 Å². The molecule has 2 aromatic rings. The van der Waals surface area contributed by atoms with Crippen molar-refractivity contribution in [3.8, 4) is 5.75 Å². The van der Waals surface area contributed by atoms with Crippen molar-refractivity contribution >= 4 is 18.6 Å². The lowest BCUT2D eigenvalue weighted by Gasteiger charge is -2.07. The van der Waals surface area contributed by atoms with Crippen LogP contribution in [0.25, 0.3) is 0 Å². The first kappa shape index (κ1) is 13.3. The summed E-state index contributed by atoms with van der Waals surface area (Å²) in [5.41, 5.74) is -0.197. The number of benzene rings is 1. The molecule has 1 aromatic heterocycles. The molecule has 0 unspecified atom stereocenters. The van der Waals surface area contributed by atoms with Crippen LogP contribution in [0.1, 0.15) is 16.1 Å². The number of ether oxygens (including phenoxy) is 1. The second-order valence-corrected chi connectivity index (χ2v) is 4.08. The van der Waals surface area contributed by atoms with E-state index in [1.54, 1.807) is 0 Å². The first-order valence-corrected chi connectivity index (χ1v) is 5.97. The maximum Gasteiger partial charge on any atom is 0.252 e. The van der Waals surface area contributed by atoms with Crippen molar-refractivity contribution in [2.45, 2.75) is 6.61 Å². The molecule has 0 bridgehead atoms. The zero-order valence-corrected chi connectivity index (χ0v) is 10.5. The summed E-state index contributed by atoms with van der Waals surface area (Å²) in [6.07, 6.45) is 1.37. The van der Waals surface area contributed by atoms with E-state index >= 15 is 0 Å². The molecule has 1 heterocycles. The highest BCUT2D eigenvalue weighted by molar-refractivity contribution is 7.92. The van der Waals surface area contributed by atoms with Crippen LogP contribution in [0.3, 0.4) is 0 Å². The molecule has 98 valence electrons. The molecular weight excluding hydrogens is 271 g/mol. The fraction of sp³-hybridized carbons (Fsp3) is 0.0833. The zero-order chi connectivity index (χ0) is 13.7. The zero-order valence-electron chi connectivity index (χ0n) is 9.65. The molecular formula is C12H9FN2O3S. The van der Waals surface area contributed by atoms with Gasteiger partial charge in [-0.2, -0.15) is 9.19 Å². The van der Waals surface area contributed by atoms with Crippen molar-refractivity contribution in [1.82, 2.24) is 9.19 Å². The number of aldehydes is 1. The van der Waals surface area contributed by atoms with Crippen molar-refractivity contribution < 1.29 is 13.4 Å². The lowest BCUT2D eigenvalue weighted by Crippen LogP contribution is -2.17. The van der Waals surface area contributed by atoms with E-state index in [0.717, 1.165) is 15.8 Å². The van der Waals surface area contributed by atoms with E-state index in [-0.39, 0.29) is 31.0 Å². The smallest absolute Gasteiger partial charge is 0.252 e. The molecule has 0 N–H and O–H groups in total. The average molecular weight is 280 g/mol. The Kier molecular flexibility index (Phi) is 4.30. The summed E-state index contributed by atoms with van der Waals surface area (Å²) in [5.74, 6) is -0.119. The van der Waals surface area contributed by atoms with Gasteiger partial charge in [-0.1, -0.05) is 30.3 Å². The number of aromatic nitrogens is 2. The topological polar surface area (TPSA) is 61.2 Å². The van der Waals surface area contributed by atoms with Gasteiger partial charge in [0.05, 0.1) is 6.20 Å². The van der Waals surface area contributed by atoms with E-state index in [9.17, 15) is 13.5 Å². The molecule has 0 radical (unpaired) electrons. The van der Waals surface area contributed by atoms with Gasteiger partial charge in [0.15, 0.2) is 30.1 Å². The number of hydrogen-bond donors (Lipinski definition) is 0. The molecule has 1 aromatic carbocycles. The van der Waals surface area contributed by atoms with Crippen LogP contribution in [-0.2, 0) is 6.61 Å². The van der Waals surface area contributed by atoms with Crippen LogP contribution in [0.4, 0.5) is 3.89 Å². The molecule has 7 heteroatoms. The molecule has 2 rings (SSSR count). The first-order valence-electron chi connectivity index (χ1n) is 5.29. The maximum absolute atomic E-state index is 12.5. The minimum absolute atomic E-state index is 0.119. The minimum Gasteiger partial charge on any atom is -0.483 e. The Morgan fingerprint density at radius 1 is 1.37 bits per heavy atom. The number of rotatable bonds is 5. The Bertz CT molecular complexity index is 631. The Morgan fingerprint density at radius 2 is 2.11 bits per heavy atom. The quantitative estimate of drug-likeness (QED) is 0.784. The van der Waals surface area contributed by atoms with Crippen molar-refractivity contribution in [2.75, 3.05) is 0 Å². The molecule has 5 nitrogen and oxygen atoms in total. The van der Waals surface area contributed by atoms with Gasteiger partial charge in [0.2, 0.25) is 0 Å². The molecule has 0 saturated carbocycles. The van der Waals surface area contributed by atoms with Gasteiger partial charge in [0.25, 0.3) is 5.43 Å². The van der Waals surface area contributed by atoms with Crippen LogP contribution in [0.2, 0.25) is 0 Å². The van der Waals surface area contributed by atoms with E-state index in [0.29, 0.717) is 0 Å². The molecule has 0 fully saturated rings. The van der Waals surface area contributed by atoms with Crippen molar-refractivity contribution in [3.05, 3.63) is 58.0 Å². The predicted molar refractivity (Wildman–Crippen MR) is 68.8 cm³/mol. The van der Waals surface area contributed by atoms with Gasteiger partial charge in [-0.15, -0.1) is 3.89 Å². The molecule has 0 aliphatic heterocycles. The highest BCUT2D eigenvalue weighted by Crippen LogP contribution is 2.11. The van der Waals surface area contributed by atoms with Crippen LogP contribution in [0.5, 0.6) is 5.75 Å². The largest absolute Gasteiger partial charge is 0.483 e. The Labute approximate surface area is 112 Å². The van der Waals surface area contributed by atoms with Crippen LogP contribution in [-0.4, -0.2) is 15.5 Å². The van der Waals surface area contributed by atoms with Crippen molar-refractivity contribution in [2.24, 2.45) is 0 Å². The monoisotopic (exact) mass is 280 g/mol.